The first kappa shape index (κ1) is 16.9. The summed E-state index contributed by atoms with van der Waals surface area (Å²) in [5.41, 5.74) is 0.163. The van der Waals surface area contributed by atoms with Crippen molar-refractivity contribution in [3.8, 4) is 5.75 Å². The van der Waals surface area contributed by atoms with Gasteiger partial charge in [-0.25, -0.2) is 18.0 Å². The van der Waals surface area contributed by atoms with Gasteiger partial charge in [-0.1, -0.05) is 6.58 Å². The number of carbonyl (C=O) groups excluding carboxylic acids is 1. The highest BCUT2D eigenvalue weighted by Crippen LogP contribution is 2.29. The first-order valence-corrected chi connectivity index (χ1v) is 5.74. The third-order valence-corrected chi connectivity index (χ3v) is 2.29. The Morgan fingerprint density at radius 1 is 0.952 bits per heavy atom. The molecular formula is C13H11F5O3. The first-order chi connectivity index (χ1) is 9.77. The molecule has 0 aliphatic heterocycles. The SMILES string of the molecule is C=C(C)C(=O)OCCCOc1c(F)c(F)c(F)c(F)c1F. The monoisotopic (exact) mass is 310 g/mol. The normalized spacial score (nSPS) is 10.4. The third-order valence-electron chi connectivity index (χ3n) is 2.29. The van der Waals surface area contributed by atoms with E-state index in [1.807, 2.05) is 0 Å². The number of esters is 1. The molecule has 0 saturated carbocycles. The third kappa shape index (κ3) is 3.93. The fourth-order valence-electron chi connectivity index (χ4n) is 1.23. The van der Waals surface area contributed by atoms with Gasteiger partial charge in [0.25, 0.3) is 0 Å². The van der Waals surface area contributed by atoms with Crippen molar-refractivity contribution in [2.24, 2.45) is 0 Å². The van der Waals surface area contributed by atoms with Gasteiger partial charge in [-0.15, -0.1) is 0 Å². The van der Waals surface area contributed by atoms with Gasteiger partial charge in [0.05, 0.1) is 13.2 Å². The Labute approximate surface area is 117 Å². The Balaban J connectivity index is 2.61. The molecule has 0 spiro atoms. The summed E-state index contributed by atoms with van der Waals surface area (Å²) in [6.45, 7) is 4.20. The van der Waals surface area contributed by atoms with Crippen LogP contribution in [0.5, 0.6) is 5.75 Å². The Hall–Kier alpha value is -2.12. The number of halogens is 5. The van der Waals surface area contributed by atoms with Crippen molar-refractivity contribution in [2.75, 3.05) is 13.2 Å². The van der Waals surface area contributed by atoms with E-state index in [1.54, 1.807) is 0 Å². The van der Waals surface area contributed by atoms with Crippen molar-refractivity contribution >= 4 is 5.97 Å². The Bertz CT molecular complexity index is 542. The van der Waals surface area contributed by atoms with Crippen LogP contribution in [0.15, 0.2) is 12.2 Å². The summed E-state index contributed by atoms with van der Waals surface area (Å²) >= 11 is 0. The van der Waals surface area contributed by atoms with E-state index in [0.717, 1.165) is 0 Å². The van der Waals surface area contributed by atoms with E-state index in [9.17, 15) is 26.7 Å². The molecule has 21 heavy (non-hydrogen) atoms. The van der Waals surface area contributed by atoms with Crippen LogP contribution in [0.2, 0.25) is 0 Å². The second-order valence-corrected chi connectivity index (χ2v) is 4.02. The molecule has 116 valence electrons. The summed E-state index contributed by atoms with van der Waals surface area (Å²) < 4.78 is 74.0. The van der Waals surface area contributed by atoms with Crippen molar-refractivity contribution in [2.45, 2.75) is 13.3 Å². The van der Waals surface area contributed by atoms with Crippen LogP contribution in [-0.2, 0) is 9.53 Å². The van der Waals surface area contributed by atoms with E-state index >= 15 is 0 Å². The van der Waals surface area contributed by atoms with Gasteiger partial charge in [0.15, 0.2) is 5.75 Å². The van der Waals surface area contributed by atoms with E-state index in [2.05, 4.69) is 16.1 Å². The molecule has 1 rings (SSSR count). The van der Waals surface area contributed by atoms with Crippen molar-refractivity contribution in [3.05, 3.63) is 41.2 Å². The van der Waals surface area contributed by atoms with E-state index in [1.165, 1.54) is 6.92 Å². The summed E-state index contributed by atoms with van der Waals surface area (Å²) in [5, 5.41) is 0. The average Bonchev–Trinajstić information content (AvgIpc) is 2.45. The number of rotatable bonds is 6. The van der Waals surface area contributed by atoms with Gasteiger partial charge in [0.1, 0.15) is 0 Å². The van der Waals surface area contributed by atoms with E-state index in [0.29, 0.717) is 0 Å². The zero-order valence-electron chi connectivity index (χ0n) is 10.9. The fourth-order valence-corrected chi connectivity index (χ4v) is 1.23. The highest BCUT2D eigenvalue weighted by Gasteiger charge is 2.26. The Morgan fingerprint density at radius 3 is 1.90 bits per heavy atom. The van der Waals surface area contributed by atoms with Gasteiger partial charge < -0.3 is 9.47 Å². The lowest BCUT2D eigenvalue weighted by atomic mass is 10.2. The van der Waals surface area contributed by atoms with Crippen LogP contribution < -0.4 is 4.74 Å². The summed E-state index contributed by atoms with van der Waals surface area (Å²) in [5.74, 6) is -12.6. The van der Waals surface area contributed by atoms with Gasteiger partial charge in [-0.2, -0.15) is 8.78 Å². The van der Waals surface area contributed by atoms with Gasteiger partial charge in [0.2, 0.25) is 29.1 Å². The predicted molar refractivity (Wildman–Crippen MR) is 62.1 cm³/mol. The second kappa shape index (κ2) is 7.05. The van der Waals surface area contributed by atoms with Crippen molar-refractivity contribution < 1.29 is 36.2 Å². The van der Waals surface area contributed by atoms with Crippen molar-refractivity contribution in [3.63, 3.8) is 0 Å². The van der Waals surface area contributed by atoms with Gasteiger partial charge in [0, 0.05) is 12.0 Å². The minimum absolute atomic E-state index is 0.00147. The molecule has 3 nitrogen and oxygen atoms in total. The van der Waals surface area contributed by atoms with Crippen LogP contribution in [0.25, 0.3) is 0 Å². The van der Waals surface area contributed by atoms with E-state index in [-0.39, 0.29) is 18.6 Å². The fraction of sp³-hybridized carbons (Fsp3) is 0.308. The van der Waals surface area contributed by atoms with Crippen LogP contribution >= 0.6 is 0 Å². The molecule has 1 aromatic rings. The van der Waals surface area contributed by atoms with Crippen molar-refractivity contribution in [1.29, 1.82) is 0 Å². The standard InChI is InChI=1S/C13H11F5O3/c1-6(2)13(19)21-5-3-4-20-12-10(17)8(15)7(14)9(16)11(12)18/h1,3-5H2,2H3. The molecule has 0 atom stereocenters. The van der Waals surface area contributed by atoms with Gasteiger partial charge in [-0.3, -0.25) is 0 Å². The zero-order valence-corrected chi connectivity index (χ0v) is 10.9. The molecule has 8 heteroatoms. The first-order valence-electron chi connectivity index (χ1n) is 5.74. The van der Waals surface area contributed by atoms with E-state index < -0.39 is 47.4 Å². The van der Waals surface area contributed by atoms with Gasteiger partial charge >= 0.3 is 5.97 Å². The maximum atomic E-state index is 13.2. The molecule has 0 aromatic heterocycles. The highest BCUT2D eigenvalue weighted by atomic mass is 19.2. The average molecular weight is 310 g/mol. The molecule has 1 aromatic carbocycles. The lowest BCUT2D eigenvalue weighted by Gasteiger charge is -2.10. The molecule has 0 unspecified atom stereocenters. The van der Waals surface area contributed by atoms with E-state index in [4.69, 9.17) is 0 Å². The quantitative estimate of drug-likeness (QED) is 0.202. The Kier molecular flexibility index (Phi) is 5.69. The summed E-state index contributed by atoms with van der Waals surface area (Å²) in [7, 11) is 0. The largest absolute Gasteiger partial charge is 0.487 e. The molecule has 0 radical (unpaired) electrons. The smallest absolute Gasteiger partial charge is 0.333 e. The highest BCUT2D eigenvalue weighted by molar-refractivity contribution is 5.86. The van der Waals surface area contributed by atoms with Crippen LogP contribution in [0.4, 0.5) is 22.0 Å². The van der Waals surface area contributed by atoms with Crippen LogP contribution in [0, 0.1) is 29.1 Å². The number of hydrogen-bond acceptors (Lipinski definition) is 3. The minimum Gasteiger partial charge on any atom is -0.487 e. The minimum atomic E-state index is -2.26. The molecule has 0 N–H and O–H groups in total. The zero-order chi connectivity index (χ0) is 16.2. The van der Waals surface area contributed by atoms with Crippen LogP contribution in [-0.4, -0.2) is 19.2 Å². The molecule has 0 aliphatic rings. The molecule has 0 heterocycles. The summed E-state index contributed by atoms with van der Waals surface area (Å²) in [4.78, 5) is 11.0. The maximum Gasteiger partial charge on any atom is 0.333 e. The van der Waals surface area contributed by atoms with Crippen LogP contribution in [0.3, 0.4) is 0 Å². The molecule has 0 fully saturated rings. The maximum absolute atomic E-state index is 13.2. The number of ether oxygens (including phenoxy) is 2. The lowest BCUT2D eigenvalue weighted by Crippen LogP contribution is -2.11. The second-order valence-electron chi connectivity index (χ2n) is 4.02. The predicted octanol–water partition coefficient (Wildman–Crippen LogP) is 3.27. The molecule has 0 bridgehead atoms. The summed E-state index contributed by atoms with van der Waals surface area (Å²) in [6, 6.07) is 0. The molecule has 0 amide bonds. The summed E-state index contributed by atoms with van der Waals surface area (Å²) in [6.07, 6.45) is -0.00147. The van der Waals surface area contributed by atoms with Crippen molar-refractivity contribution in [1.82, 2.24) is 0 Å². The van der Waals surface area contributed by atoms with Crippen LogP contribution in [0.1, 0.15) is 13.3 Å². The lowest BCUT2D eigenvalue weighted by molar-refractivity contribution is -0.139. The Morgan fingerprint density at radius 2 is 1.43 bits per heavy atom. The number of carbonyl (C=O) groups is 1. The molecular weight excluding hydrogens is 299 g/mol. The topological polar surface area (TPSA) is 35.5 Å². The number of benzene rings is 1. The molecule has 0 saturated heterocycles. The number of hydrogen-bond donors (Lipinski definition) is 0. The molecule has 0 aliphatic carbocycles. The van der Waals surface area contributed by atoms with Gasteiger partial charge in [-0.05, 0) is 6.92 Å².